The lowest BCUT2D eigenvalue weighted by Crippen LogP contribution is -2.29. The molecule has 1 heterocycles. The van der Waals surface area contributed by atoms with Crippen molar-refractivity contribution < 1.29 is 14.2 Å². The average molecular weight is 280 g/mol. The Kier molecular flexibility index (Phi) is 4.95. The second-order valence-electron chi connectivity index (χ2n) is 5.14. The van der Waals surface area contributed by atoms with Crippen LogP contribution in [0.1, 0.15) is 6.92 Å². The third-order valence-corrected chi connectivity index (χ3v) is 3.60. The summed E-state index contributed by atoms with van der Waals surface area (Å²) >= 11 is 0. The van der Waals surface area contributed by atoms with Gasteiger partial charge in [0.1, 0.15) is 0 Å². The molecule has 1 saturated heterocycles. The van der Waals surface area contributed by atoms with Crippen LogP contribution in [0.2, 0.25) is 0 Å². The fraction of sp³-hybridized carbons (Fsp3) is 0.600. The first-order chi connectivity index (χ1) is 9.69. The topological polar surface area (TPSA) is 43.0 Å². The monoisotopic (exact) mass is 280 g/mol. The van der Waals surface area contributed by atoms with Gasteiger partial charge in [-0.15, -0.1) is 0 Å². The van der Waals surface area contributed by atoms with E-state index in [1.54, 1.807) is 21.3 Å². The van der Waals surface area contributed by atoms with Crippen molar-refractivity contribution in [3.05, 3.63) is 12.1 Å². The average Bonchev–Trinajstić information content (AvgIpc) is 2.70. The first-order valence-electron chi connectivity index (χ1n) is 6.95. The number of methoxy groups -OCH3 is 3. The molecule has 112 valence electrons. The minimum atomic E-state index is 0.608. The van der Waals surface area contributed by atoms with E-state index in [0.29, 0.717) is 23.2 Å². The minimum Gasteiger partial charge on any atom is -0.493 e. The molecule has 1 unspecified atom stereocenters. The van der Waals surface area contributed by atoms with Crippen molar-refractivity contribution in [2.45, 2.75) is 6.92 Å². The van der Waals surface area contributed by atoms with Crippen LogP contribution < -0.4 is 24.4 Å². The zero-order valence-corrected chi connectivity index (χ0v) is 12.7. The van der Waals surface area contributed by atoms with E-state index in [2.05, 4.69) is 17.1 Å². The van der Waals surface area contributed by atoms with Crippen molar-refractivity contribution >= 4 is 5.69 Å². The number of benzene rings is 1. The Bertz CT molecular complexity index is 426. The van der Waals surface area contributed by atoms with Gasteiger partial charge in [0.05, 0.1) is 21.3 Å². The summed E-state index contributed by atoms with van der Waals surface area (Å²) in [6.45, 7) is 6.29. The number of rotatable bonds is 4. The molecule has 0 bridgehead atoms. The van der Waals surface area contributed by atoms with E-state index in [9.17, 15) is 0 Å². The maximum Gasteiger partial charge on any atom is 0.203 e. The molecule has 1 fully saturated rings. The molecule has 1 aromatic rings. The summed E-state index contributed by atoms with van der Waals surface area (Å²) in [6.07, 6.45) is 0. The van der Waals surface area contributed by atoms with Crippen LogP contribution in [0.25, 0.3) is 0 Å². The summed E-state index contributed by atoms with van der Waals surface area (Å²) in [5, 5.41) is 3.45. The Morgan fingerprint density at radius 2 is 1.75 bits per heavy atom. The zero-order chi connectivity index (χ0) is 14.5. The first kappa shape index (κ1) is 14.8. The lowest BCUT2D eigenvalue weighted by molar-refractivity contribution is 0.324. The first-order valence-corrected chi connectivity index (χ1v) is 6.95. The molecule has 0 aromatic heterocycles. The molecule has 0 radical (unpaired) electrons. The summed E-state index contributed by atoms with van der Waals surface area (Å²) in [4.78, 5) is 2.36. The van der Waals surface area contributed by atoms with Crippen LogP contribution in [-0.4, -0.2) is 47.5 Å². The zero-order valence-electron chi connectivity index (χ0n) is 12.7. The largest absolute Gasteiger partial charge is 0.493 e. The fourth-order valence-corrected chi connectivity index (χ4v) is 2.58. The maximum absolute atomic E-state index is 5.42. The summed E-state index contributed by atoms with van der Waals surface area (Å²) < 4.78 is 16.2. The third kappa shape index (κ3) is 3.10. The van der Waals surface area contributed by atoms with Crippen LogP contribution in [0.15, 0.2) is 12.1 Å². The van der Waals surface area contributed by atoms with Crippen LogP contribution >= 0.6 is 0 Å². The number of ether oxygens (including phenoxy) is 3. The van der Waals surface area contributed by atoms with E-state index in [1.807, 2.05) is 12.1 Å². The third-order valence-electron chi connectivity index (χ3n) is 3.60. The van der Waals surface area contributed by atoms with Gasteiger partial charge in [0.25, 0.3) is 0 Å². The van der Waals surface area contributed by atoms with E-state index in [-0.39, 0.29) is 0 Å². The highest BCUT2D eigenvalue weighted by molar-refractivity contribution is 5.63. The van der Waals surface area contributed by atoms with Gasteiger partial charge in [-0.05, 0) is 12.5 Å². The number of hydrogen-bond donors (Lipinski definition) is 1. The number of anilines is 1. The fourth-order valence-electron chi connectivity index (χ4n) is 2.58. The molecule has 0 saturated carbocycles. The predicted molar refractivity (Wildman–Crippen MR) is 80.3 cm³/mol. The van der Waals surface area contributed by atoms with Crippen LogP contribution in [0.3, 0.4) is 0 Å². The molecular formula is C15H24N2O3. The van der Waals surface area contributed by atoms with Crippen molar-refractivity contribution in [2.75, 3.05) is 52.4 Å². The Labute approximate surface area is 120 Å². The van der Waals surface area contributed by atoms with Crippen molar-refractivity contribution in [3.63, 3.8) is 0 Å². The molecule has 2 rings (SSSR count). The van der Waals surface area contributed by atoms with Gasteiger partial charge in [-0.3, -0.25) is 0 Å². The second-order valence-corrected chi connectivity index (χ2v) is 5.14. The van der Waals surface area contributed by atoms with Gasteiger partial charge in [-0.25, -0.2) is 0 Å². The van der Waals surface area contributed by atoms with Gasteiger partial charge in [0.15, 0.2) is 11.5 Å². The van der Waals surface area contributed by atoms with Crippen molar-refractivity contribution in [2.24, 2.45) is 5.92 Å². The Hall–Kier alpha value is -1.62. The summed E-state index contributed by atoms with van der Waals surface area (Å²) in [6, 6.07) is 4.03. The molecule has 5 nitrogen and oxygen atoms in total. The minimum absolute atomic E-state index is 0.608. The Morgan fingerprint density at radius 1 is 1.10 bits per heavy atom. The van der Waals surface area contributed by atoms with E-state index in [4.69, 9.17) is 14.2 Å². The summed E-state index contributed by atoms with van der Waals surface area (Å²) in [7, 11) is 4.92. The number of nitrogens with one attached hydrogen (secondary N) is 1. The number of nitrogens with zero attached hydrogens (tertiary/aromatic N) is 1. The van der Waals surface area contributed by atoms with Gasteiger partial charge in [-0.2, -0.15) is 0 Å². The van der Waals surface area contributed by atoms with Crippen LogP contribution in [-0.2, 0) is 0 Å². The van der Waals surface area contributed by atoms with Crippen LogP contribution in [0.5, 0.6) is 17.2 Å². The highest BCUT2D eigenvalue weighted by Crippen LogP contribution is 2.41. The molecule has 5 heteroatoms. The van der Waals surface area contributed by atoms with E-state index < -0.39 is 0 Å². The Morgan fingerprint density at radius 3 is 2.30 bits per heavy atom. The highest BCUT2D eigenvalue weighted by Gasteiger charge is 2.19. The molecule has 0 amide bonds. The van der Waals surface area contributed by atoms with E-state index in [1.165, 1.54) is 0 Å². The van der Waals surface area contributed by atoms with Gasteiger partial charge in [0.2, 0.25) is 5.75 Å². The van der Waals surface area contributed by atoms with Crippen LogP contribution in [0, 0.1) is 5.92 Å². The smallest absolute Gasteiger partial charge is 0.203 e. The molecule has 1 N–H and O–H groups in total. The number of hydrogen-bond acceptors (Lipinski definition) is 5. The molecular weight excluding hydrogens is 256 g/mol. The molecule has 1 aromatic carbocycles. The normalized spacial score (nSPS) is 19.4. The van der Waals surface area contributed by atoms with E-state index >= 15 is 0 Å². The standard InChI is InChI=1S/C15H24N2O3/c1-11-9-16-5-6-17(10-11)12-7-13(18-2)15(20-4)14(8-12)19-3/h7-8,11,16H,5-6,9-10H2,1-4H3. The highest BCUT2D eigenvalue weighted by atomic mass is 16.5. The van der Waals surface area contributed by atoms with Crippen molar-refractivity contribution in [3.8, 4) is 17.2 Å². The van der Waals surface area contributed by atoms with Crippen molar-refractivity contribution in [1.29, 1.82) is 0 Å². The van der Waals surface area contributed by atoms with Gasteiger partial charge >= 0.3 is 0 Å². The Balaban J connectivity index is 2.35. The molecule has 1 aliphatic heterocycles. The summed E-state index contributed by atoms with van der Waals surface area (Å²) in [5.74, 6) is 2.65. The molecule has 1 aliphatic rings. The SMILES string of the molecule is COc1cc(N2CCNCC(C)C2)cc(OC)c1OC. The van der Waals surface area contributed by atoms with E-state index in [0.717, 1.165) is 31.9 Å². The molecule has 20 heavy (non-hydrogen) atoms. The van der Waals surface area contributed by atoms with Crippen molar-refractivity contribution in [1.82, 2.24) is 5.32 Å². The predicted octanol–water partition coefficient (Wildman–Crippen LogP) is 1.76. The second kappa shape index (κ2) is 6.70. The lowest BCUT2D eigenvalue weighted by atomic mass is 10.1. The van der Waals surface area contributed by atoms with Crippen LogP contribution in [0.4, 0.5) is 5.69 Å². The quantitative estimate of drug-likeness (QED) is 0.910. The lowest BCUT2D eigenvalue weighted by Gasteiger charge is -2.26. The summed E-state index contributed by atoms with van der Waals surface area (Å²) in [5.41, 5.74) is 1.11. The van der Waals surface area contributed by atoms with Gasteiger partial charge in [-0.1, -0.05) is 6.92 Å². The van der Waals surface area contributed by atoms with Gasteiger partial charge < -0.3 is 24.4 Å². The van der Waals surface area contributed by atoms with Gasteiger partial charge in [0, 0.05) is 37.5 Å². The maximum atomic E-state index is 5.42. The molecule has 1 atom stereocenters. The molecule has 0 aliphatic carbocycles. The molecule has 0 spiro atoms.